The first-order valence-electron chi connectivity index (χ1n) is 7.82. The fourth-order valence-electron chi connectivity index (χ4n) is 3.69. The van der Waals surface area contributed by atoms with Crippen LogP contribution in [0.15, 0.2) is 11.3 Å². The van der Waals surface area contributed by atoms with E-state index < -0.39 is 22.8 Å². The average molecular weight is 312 g/mol. The number of nitriles is 3. The summed E-state index contributed by atoms with van der Waals surface area (Å²) in [6.45, 7) is 3.87. The van der Waals surface area contributed by atoms with Crippen molar-refractivity contribution in [1.82, 2.24) is 0 Å². The van der Waals surface area contributed by atoms with Crippen LogP contribution < -0.4 is 5.73 Å². The van der Waals surface area contributed by atoms with Crippen LogP contribution in [-0.4, -0.2) is 12.0 Å². The first kappa shape index (κ1) is 16.8. The van der Waals surface area contributed by atoms with Crippen LogP contribution in [0.3, 0.4) is 0 Å². The van der Waals surface area contributed by atoms with E-state index in [-0.39, 0.29) is 5.92 Å². The van der Waals surface area contributed by atoms with E-state index in [1.54, 1.807) is 0 Å². The van der Waals surface area contributed by atoms with Crippen molar-refractivity contribution >= 4 is 5.91 Å². The van der Waals surface area contributed by atoms with Crippen LogP contribution in [0.5, 0.6) is 0 Å². The molecule has 1 amide bonds. The van der Waals surface area contributed by atoms with E-state index in [1.807, 2.05) is 32.1 Å². The number of allylic oxidation sites excluding steroid dienone is 1. The number of primary amides is 1. The number of carbonyl (C=O) groups is 1. The molecule has 2 N–H and O–H groups in total. The van der Waals surface area contributed by atoms with Crippen LogP contribution in [0, 0.1) is 50.7 Å². The zero-order chi connectivity index (χ0) is 17.3. The van der Waals surface area contributed by atoms with Crippen LogP contribution >= 0.6 is 0 Å². The second-order valence-electron chi connectivity index (χ2n) is 6.60. The Hall–Kier alpha value is -2.52. The zero-order valence-electron chi connectivity index (χ0n) is 13.4. The zero-order valence-corrected chi connectivity index (χ0v) is 13.4. The summed E-state index contributed by atoms with van der Waals surface area (Å²) in [5, 5.41) is 29.5. The van der Waals surface area contributed by atoms with E-state index in [9.17, 15) is 20.6 Å². The van der Waals surface area contributed by atoms with Crippen molar-refractivity contribution in [3.8, 4) is 18.2 Å². The van der Waals surface area contributed by atoms with Crippen molar-refractivity contribution in [2.45, 2.75) is 52.1 Å². The van der Waals surface area contributed by atoms with E-state index in [0.717, 1.165) is 12.8 Å². The van der Waals surface area contributed by atoms with Gasteiger partial charge in [0, 0.05) is 6.42 Å². The molecule has 0 aromatic heterocycles. The molecule has 0 fully saturated rings. The summed E-state index contributed by atoms with van der Waals surface area (Å²) < 4.78 is 5.98. The lowest BCUT2D eigenvalue weighted by molar-refractivity contribution is -0.133. The molecule has 120 valence electrons. The highest BCUT2D eigenvalue weighted by Gasteiger charge is 2.68. The summed E-state index contributed by atoms with van der Waals surface area (Å²) in [5.41, 5.74) is 2.16. The maximum absolute atomic E-state index is 12.3. The minimum Gasteiger partial charge on any atom is -0.492 e. The van der Waals surface area contributed by atoms with Crippen molar-refractivity contribution in [3.05, 3.63) is 11.3 Å². The predicted octanol–water partition coefficient (Wildman–Crippen LogP) is 2.29. The summed E-state index contributed by atoms with van der Waals surface area (Å²) in [5.74, 6) is -0.228. The summed E-state index contributed by atoms with van der Waals surface area (Å²) in [6.07, 6.45) is 2.27. The maximum Gasteiger partial charge on any atom is 0.245 e. The number of nitrogens with two attached hydrogens (primary N) is 1. The third kappa shape index (κ3) is 2.16. The monoisotopic (exact) mass is 312 g/mol. The quantitative estimate of drug-likeness (QED) is 0.856. The van der Waals surface area contributed by atoms with E-state index in [0.29, 0.717) is 30.6 Å². The normalized spacial score (nSPS) is 28.8. The highest BCUT2D eigenvalue weighted by Crippen LogP contribution is 2.56. The molecule has 6 heteroatoms. The molecular formula is C17H20N4O2. The van der Waals surface area contributed by atoms with Crippen molar-refractivity contribution in [3.63, 3.8) is 0 Å². The molecule has 1 aliphatic carbocycles. The van der Waals surface area contributed by atoms with Gasteiger partial charge in [0.1, 0.15) is 6.10 Å². The fraction of sp³-hybridized carbons (Fsp3) is 0.647. The van der Waals surface area contributed by atoms with Crippen LogP contribution in [0.25, 0.3) is 0 Å². The number of carbonyl (C=O) groups excluding carboxylic acids is 1. The van der Waals surface area contributed by atoms with Crippen LogP contribution in [0.4, 0.5) is 0 Å². The Balaban J connectivity index is 2.79. The summed E-state index contributed by atoms with van der Waals surface area (Å²) in [6, 6.07) is 5.83. The van der Waals surface area contributed by atoms with Gasteiger partial charge >= 0.3 is 0 Å². The molecule has 23 heavy (non-hydrogen) atoms. The highest BCUT2D eigenvalue weighted by atomic mass is 16.5. The van der Waals surface area contributed by atoms with Crippen molar-refractivity contribution < 1.29 is 9.53 Å². The van der Waals surface area contributed by atoms with Gasteiger partial charge in [0.05, 0.1) is 24.0 Å². The Labute approximate surface area is 136 Å². The molecule has 0 saturated carbocycles. The van der Waals surface area contributed by atoms with Gasteiger partial charge in [0.2, 0.25) is 11.3 Å². The molecule has 1 aliphatic heterocycles. The number of hydrogen-bond donors (Lipinski definition) is 1. The Morgan fingerprint density at radius 2 is 1.87 bits per heavy atom. The minimum atomic E-state index is -1.94. The SMILES string of the molecule is CC(C)CC1OC2=C(CCCC2)C(C#N)(C(N)=O)C1(C#N)C#N. The number of amides is 1. The Bertz CT molecular complexity index is 660. The van der Waals surface area contributed by atoms with E-state index in [1.165, 1.54) is 0 Å². The van der Waals surface area contributed by atoms with Gasteiger partial charge in [0.15, 0.2) is 5.41 Å². The first-order chi connectivity index (χ1) is 10.9. The second-order valence-corrected chi connectivity index (χ2v) is 6.60. The topological polar surface area (TPSA) is 124 Å². The van der Waals surface area contributed by atoms with Crippen LogP contribution in [-0.2, 0) is 9.53 Å². The Morgan fingerprint density at radius 3 is 2.35 bits per heavy atom. The smallest absolute Gasteiger partial charge is 0.245 e. The Kier molecular flexibility index (Phi) is 4.35. The van der Waals surface area contributed by atoms with Crippen molar-refractivity contribution in [2.75, 3.05) is 0 Å². The van der Waals surface area contributed by atoms with E-state index >= 15 is 0 Å². The summed E-state index contributed by atoms with van der Waals surface area (Å²) in [4.78, 5) is 12.3. The van der Waals surface area contributed by atoms with E-state index in [2.05, 4.69) is 0 Å². The molecule has 0 spiro atoms. The second kappa shape index (κ2) is 5.94. The van der Waals surface area contributed by atoms with Gasteiger partial charge in [-0.25, -0.2) is 0 Å². The van der Waals surface area contributed by atoms with Gasteiger partial charge in [-0.05, 0) is 37.2 Å². The molecule has 2 aliphatic rings. The highest BCUT2D eigenvalue weighted by molar-refractivity contribution is 5.90. The van der Waals surface area contributed by atoms with E-state index in [4.69, 9.17) is 10.5 Å². The molecular weight excluding hydrogens is 292 g/mol. The molecule has 0 saturated heterocycles. The first-order valence-corrected chi connectivity index (χ1v) is 7.82. The summed E-state index contributed by atoms with van der Waals surface area (Å²) in [7, 11) is 0. The molecule has 2 unspecified atom stereocenters. The largest absolute Gasteiger partial charge is 0.492 e. The number of hydrogen-bond acceptors (Lipinski definition) is 5. The van der Waals surface area contributed by atoms with Crippen LogP contribution in [0.1, 0.15) is 46.0 Å². The van der Waals surface area contributed by atoms with Gasteiger partial charge in [0.25, 0.3) is 0 Å². The third-order valence-electron chi connectivity index (χ3n) is 4.80. The molecule has 1 heterocycles. The van der Waals surface area contributed by atoms with Gasteiger partial charge in [-0.2, -0.15) is 15.8 Å². The Morgan fingerprint density at radius 1 is 1.26 bits per heavy atom. The molecule has 0 radical (unpaired) electrons. The van der Waals surface area contributed by atoms with Crippen molar-refractivity contribution in [2.24, 2.45) is 22.5 Å². The summed E-state index contributed by atoms with van der Waals surface area (Å²) >= 11 is 0. The lowest BCUT2D eigenvalue weighted by atomic mass is 9.54. The van der Waals surface area contributed by atoms with Gasteiger partial charge < -0.3 is 10.5 Å². The van der Waals surface area contributed by atoms with Crippen molar-refractivity contribution in [1.29, 1.82) is 15.8 Å². The minimum absolute atomic E-state index is 0.135. The predicted molar refractivity (Wildman–Crippen MR) is 80.7 cm³/mol. The van der Waals surface area contributed by atoms with Gasteiger partial charge in [-0.3, -0.25) is 4.79 Å². The number of ether oxygens (including phenoxy) is 1. The molecule has 2 rings (SSSR count). The molecule has 0 bridgehead atoms. The molecule has 6 nitrogen and oxygen atoms in total. The number of nitrogens with zero attached hydrogens (tertiary/aromatic N) is 3. The number of rotatable bonds is 3. The average Bonchev–Trinajstić information content (AvgIpc) is 2.52. The maximum atomic E-state index is 12.3. The molecule has 2 atom stereocenters. The third-order valence-corrected chi connectivity index (χ3v) is 4.80. The van der Waals surface area contributed by atoms with Crippen LogP contribution in [0.2, 0.25) is 0 Å². The lowest BCUT2D eigenvalue weighted by Crippen LogP contribution is -2.59. The molecule has 0 aromatic carbocycles. The van der Waals surface area contributed by atoms with Gasteiger partial charge in [-0.1, -0.05) is 13.8 Å². The standard InChI is InChI=1S/C17H20N4O2/c1-11(2)7-14-16(8-18,9-19)17(10-20,15(21)22)12-5-3-4-6-13(12)23-14/h11,14H,3-7H2,1-2H3,(H2,21,22). The molecule has 0 aromatic rings. The fourth-order valence-corrected chi connectivity index (χ4v) is 3.69. The lowest BCUT2D eigenvalue weighted by Gasteiger charge is -2.47. The van der Waals surface area contributed by atoms with Gasteiger partial charge in [-0.15, -0.1) is 0 Å².